The first kappa shape index (κ1) is 14.5. The Kier molecular flexibility index (Phi) is 4.39. The van der Waals surface area contributed by atoms with Gasteiger partial charge in [-0.3, -0.25) is 19.5 Å². The fourth-order valence-electron chi connectivity index (χ4n) is 2.61. The number of hydrogen-bond donors (Lipinski definition) is 3. The number of nitrogens with zero attached hydrogens (tertiary/aromatic N) is 1. The number of carbonyl (C=O) groups excluding carboxylic acids is 1. The van der Waals surface area contributed by atoms with Gasteiger partial charge in [0.05, 0.1) is 12.1 Å². The normalized spacial score (nSPS) is 17.6. The molecular weight excluding hydrogens is 262 g/mol. The summed E-state index contributed by atoms with van der Waals surface area (Å²) in [5, 5.41) is 14.6. The molecule has 7 nitrogen and oxygen atoms in total. The van der Waals surface area contributed by atoms with Gasteiger partial charge < -0.3 is 10.4 Å². The van der Waals surface area contributed by atoms with Gasteiger partial charge in [0.1, 0.15) is 6.54 Å². The molecule has 0 aliphatic heterocycles. The highest BCUT2D eigenvalue weighted by molar-refractivity contribution is 5.76. The number of rotatable bonds is 4. The summed E-state index contributed by atoms with van der Waals surface area (Å²) in [4.78, 5) is 34.7. The molecular formula is C13H19N3O4. The van der Waals surface area contributed by atoms with Crippen molar-refractivity contribution in [3.63, 3.8) is 0 Å². The van der Waals surface area contributed by atoms with Crippen LogP contribution in [0.15, 0.2) is 21.7 Å². The zero-order valence-electron chi connectivity index (χ0n) is 11.2. The van der Waals surface area contributed by atoms with Crippen molar-refractivity contribution >= 4 is 5.91 Å². The Labute approximate surface area is 115 Å². The van der Waals surface area contributed by atoms with Crippen molar-refractivity contribution in [1.29, 1.82) is 0 Å². The number of carbonyl (C=O) groups is 1. The Morgan fingerprint density at radius 2 is 2.00 bits per heavy atom. The maximum atomic E-state index is 12.0. The van der Waals surface area contributed by atoms with Crippen molar-refractivity contribution in [2.75, 3.05) is 6.61 Å². The van der Waals surface area contributed by atoms with E-state index in [1.807, 2.05) is 0 Å². The second kappa shape index (κ2) is 6.04. The van der Waals surface area contributed by atoms with E-state index in [0.29, 0.717) is 0 Å². The van der Waals surface area contributed by atoms with Crippen LogP contribution in [0.5, 0.6) is 0 Å². The van der Waals surface area contributed by atoms with E-state index in [0.717, 1.165) is 48.9 Å². The number of hydrogen-bond acceptors (Lipinski definition) is 4. The van der Waals surface area contributed by atoms with Crippen molar-refractivity contribution in [1.82, 2.24) is 15.1 Å². The van der Waals surface area contributed by atoms with Crippen LogP contribution in [-0.2, 0) is 11.3 Å². The average Bonchev–Trinajstić information content (AvgIpc) is 2.44. The van der Waals surface area contributed by atoms with Gasteiger partial charge in [-0.2, -0.15) is 0 Å². The zero-order valence-corrected chi connectivity index (χ0v) is 11.2. The predicted molar refractivity (Wildman–Crippen MR) is 72.4 cm³/mol. The molecule has 110 valence electrons. The summed E-state index contributed by atoms with van der Waals surface area (Å²) in [6, 6.07) is 2.24. The van der Waals surface area contributed by atoms with Crippen molar-refractivity contribution in [3.8, 4) is 0 Å². The molecule has 1 aliphatic rings. The maximum Gasteiger partial charge on any atom is 0.265 e. The third kappa shape index (κ3) is 3.36. The zero-order chi connectivity index (χ0) is 14.6. The third-order valence-electron chi connectivity index (χ3n) is 3.71. The van der Waals surface area contributed by atoms with Crippen LogP contribution in [0, 0.1) is 0 Å². The molecule has 1 fully saturated rings. The van der Waals surface area contributed by atoms with E-state index in [4.69, 9.17) is 0 Å². The molecule has 0 spiro atoms. The van der Waals surface area contributed by atoms with Crippen LogP contribution in [0.3, 0.4) is 0 Å². The summed E-state index contributed by atoms with van der Waals surface area (Å²) in [5.74, 6) is -0.384. The second-order valence-electron chi connectivity index (χ2n) is 5.28. The van der Waals surface area contributed by atoms with E-state index in [2.05, 4.69) is 10.4 Å². The minimum atomic E-state index is -0.589. The SMILES string of the molecule is O=C(Cn1[nH]c(=O)ccc1=O)NC1(CO)CCCCC1. The molecule has 0 radical (unpaired) electrons. The van der Waals surface area contributed by atoms with Gasteiger partial charge in [-0.25, -0.2) is 4.68 Å². The summed E-state index contributed by atoms with van der Waals surface area (Å²) < 4.78 is 0.964. The Bertz CT molecular complexity index is 584. The number of nitrogens with one attached hydrogen (secondary N) is 2. The lowest BCUT2D eigenvalue weighted by Crippen LogP contribution is -2.54. The second-order valence-corrected chi connectivity index (χ2v) is 5.28. The van der Waals surface area contributed by atoms with E-state index in [1.165, 1.54) is 0 Å². The van der Waals surface area contributed by atoms with Crippen molar-refractivity contribution in [2.45, 2.75) is 44.2 Å². The monoisotopic (exact) mass is 281 g/mol. The van der Waals surface area contributed by atoms with Crippen LogP contribution in [0.4, 0.5) is 0 Å². The molecule has 2 rings (SSSR count). The molecule has 1 saturated carbocycles. The molecule has 20 heavy (non-hydrogen) atoms. The molecule has 0 atom stereocenters. The van der Waals surface area contributed by atoms with Crippen LogP contribution >= 0.6 is 0 Å². The van der Waals surface area contributed by atoms with Crippen LogP contribution < -0.4 is 16.4 Å². The van der Waals surface area contributed by atoms with Gasteiger partial charge in [-0.15, -0.1) is 0 Å². The van der Waals surface area contributed by atoms with E-state index in [-0.39, 0.29) is 19.1 Å². The molecule has 0 aromatic carbocycles. The molecule has 1 aliphatic carbocycles. The molecule has 1 amide bonds. The molecule has 1 aromatic rings. The molecule has 1 aromatic heterocycles. The topological polar surface area (TPSA) is 104 Å². The summed E-state index contributed by atoms with van der Waals surface area (Å²) in [7, 11) is 0. The van der Waals surface area contributed by atoms with E-state index in [1.54, 1.807) is 0 Å². The largest absolute Gasteiger partial charge is 0.394 e. The summed E-state index contributed by atoms with van der Waals surface area (Å²) >= 11 is 0. The lowest BCUT2D eigenvalue weighted by molar-refractivity contribution is -0.125. The first-order chi connectivity index (χ1) is 9.54. The Balaban J connectivity index is 2.06. The van der Waals surface area contributed by atoms with Crippen LogP contribution in [0.1, 0.15) is 32.1 Å². The molecule has 0 bridgehead atoms. The summed E-state index contributed by atoms with van der Waals surface area (Å²) in [5.41, 5.74) is -1.47. The van der Waals surface area contributed by atoms with Crippen molar-refractivity contribution < 1.29 is 9.90 Å². The summed E-state index contributed by atoms with van der Waals surface area (Å²) in [6.45, 7) is -0.365. The number of aliphatic hydroxyl groups excluding tert-OH is 1. The number of aromatic amines is 1. The highest BCUT2D eigenvalue weighted by Gasteiger charge is 2.32. The Morgan fingerprint density at radius 3 is 2.65 bits per heavy atom. The fraction of sp³-hybridized carbons (Fsp3) is 0.615. The fourth-order valence-corrected chi connectivity index (χ4v) is 2.61. The standard InChI is InChI=1S/C13H19N3O4/c17-9-13(6-2-1-3-7-13)14-11(19)8-16-12(20)5-4-10(18)15-16/h4-5,17H,1-3,6-9H2,(H,14,19)(H,15,18). The highest BCUT2D eigenvalue weighted by Crippen LogP contribution is 2.27. The third-order valence-corrected chi connectivity index (χ3v) is 3.71. The molecule has 0 saturated heterocycles. The maximum absolute atomic E-state index is 12.0. The van der Waals surface area contributed by atoms with E-state index < -0.39 is 16.7 Å². The van der Waals surface area contributed by atoms with Gasteiger partial charge in [0.15, 0.2) is 0 Å². The van der Waals surface area contributed by atoms with Crippen molar-refractivity contribution in [3.05, 3.63) is 32.8 Å². The highest BCUT2D eigenvalue weighted by atomic mass is 16.3. The quantitative estimate of drug-likeness (QED) is 0.682. The van der Waals surface area contributed by atoms with Crippen LogP contribution in [-0.4, -0.2) is 32.9 Å². The lowest BCUT2D eigenvalue weighted by atomic mass is 9.82. The Morgan fingerprint density at radius 1 is 1.30 bits per heavy atom. The first-order valence-electron chi connectivity index (χ1n) is 6.77. The van der Waals surface area contributed by atoms with E-state index in [9.17, 15) is 19.5 Å². The van der Waals surface area contributed by atoms with Gasteiger partial charge in [0.25, 0.3) is 11.1 Å². The number of aromatic nitrogens is 2. The predicted octanol–water partition coefficient (Wildman–Crippen LogP) is -0.652. The molecule has 1 heterocycles. The van der Waals surface area contributed by atoms with Gasteiger partial charge in [-0.05, 0) is 12.8 Å². The van der Waals surface area contributed by atoms with E-state index >= 15 is 0 Å². The number of aliphatic hydroxyl groups is 1. The van der Waals surface area contributed by atoms with Gasteiger partial charge in [-0.1, -0.05) is 19.3 Å². The Hall–Kier alpha value is -1.89. The molecule has 3 N–H and O–H groups in total. The van der Waals surface area contributed by atoms with Gasteiger partial charge >= 0.3 is 0 Å². The smallest absolute Gasteiger partial charge is 0.265 e. The van der Waals surface area contributed by atoms with Crippen LogP contribution in [0.2, 0.25) is 0 Å². The first-order valence-corrected chi connectivity index (χ1v) is 6.77. The van der Waals surface area contributed by atoms with Gasteiger partial charge in [0.2, 0.25) is 5.91 Å². The molecule has 7 heteroatoms. The van der Waals surface area contributed by atoms with Crippen LogP contribution in [0.25, 0.3) is 0 Å². The van der Waals surface area contributed by atoms with Gasteiger partial charge in [0, 0.05) is 12.1 Å². The summed E-state index contributed by atoms with van der Waals surface area (Å²) in [6.07, 6.45) is 4.49. The minimum absolute atomic E-state index is 0.112. The average molecular weight is 281 g/mol. The minimum Gasteiger partial charge on any atom is -0.394 e. The van der Waals surface area contributed by atoms with Crippen molar-refractivity contribution in [2.24, 2.45) is 0 Å². The number of amides is 1. The number of H-pyrrole nitrogens is 1. The molecule has 0 unspecified atom stereocenters. The lowest BCUT2D eigenvalue weighted by Gasteiger charge is -2.36.